The number of carbonyl (C=O) groups excluding carboxylic acids is 4. The number of tetrazole rings is 3. The summed E-state index contributed by atoms with van der Waals surface area (Å²) in [6.07, 6.45) is 4.01. The van der Waals surface area contributed by atoms with E-state index >= 15 is 0 Å². The Morgan fingerprint density at radius 1 is 0.397 bits per heavy atom. The standard InChI is InChI=1S/C44H45N5O3.C33H25BrN4.C24H29N5O3.C6H13NO2/c1-5-6-26-40(50)48(41(32(2)3)43(51)52-4)31-33-27-29-34(30-28-33)38-24-16-17-25-39(38)42-45-46-47-49(42)44(35-18-10-7-11-19-35,36-20-12-8-13-21-36)37-22-14-9-15-23-37;34-24-25-20-22-26(23-21-25)30-18-10-11-19-31(30)32-35-36-37-38(32)33(27-12-4-1-5-13-27,28-14-6-2-7-15-28)29-16-8-3-9-17-29;1-4-5-10-21(30)29(22(16(2)3)24(31)32)15-17-11-13-18(14-12-17)19-8-6-7-9-20(19)23-25-27-28-26-23;1-4(2)5(7)6(8)9-3/h7-25,27-30,32,41H,5-6,26,31H2,1-4H3;1-23H,24H2;6-9,11-14,16,22H,4-5,10,15H2,1-3H3,(H,31,32)(H,25,26,27,28);4-5H,7H2,1-3H3/t41-;;22-;5-/m0.00/s1. The lowest BCUT2D eigenvalue weighted by Gasteiger charge is -2.36. The molecule has 24 heteroatoms. The molecule has 0 fully saturated rings. The van der Waals surface area contributed by atoms with E-state index < -0.39 is 41.1 Å². The van der Waals surface area contributed by atoms with Gasteiger partial charge in [0.1, 0.15) is 29.2 Å². The summed E-state index contributed by atoms with van der Waals surface area (Å²) in [5.74, 6) is -0.227. The fraction of sp³-hybridized carbons (Fsp3) is 0.252. The van der Waals surface area contributed by atoms with E-state index in [4.69, 9.17) is 26.0 Å². The number of carbonyl (C=O) groups is 5. The Morgan fingerprint density at radius 2 is 0.702 bits per heavy atom. The minimum Gasteiger partial charge on any atom is -0.480 e. The molecular weight excluding hydrogens is 1700 g/mol. The van der Waals surface area contributed by atoms with Gasteiger partial charge in [-0.2, -0.15) is 5.21 Å². The zero-order valence-electron chi connectivity index (χ0n) is 75.6. The Morgan fingerprint density at radius 3 is 0.985 bits per heavy atom. The largest absolute Gasteiger partial charge is 0.480 e. The minimum atomic E-state index is -0.976. The second kappa shape index (κ2) is 46.6. The number of esters is 2. The van der Waals surface area contributed by atoms with Gasteiger partial charge in [-0.05, 0) is 140 Å². The summed E-state index contributed by atoms with van der Waals surface area (Å²) in [6.45, 7) is 15.9. The molecule has 0 unspecified atom stereocenters. The summed E-state index contributed by atoms with van der Waals surface area (Å²) in [7, 11) is 2.71. The first-order valence-corrected chi connectivity index (χ1v) is 45.3. The molecule has 3 heterocycles. The number of halogens is 1. The van der Waals surface area contributed by atoms with E-state index in [1.807, 2.05) is 209 Å². The summed E-state index contributed by atoms with van der Waals surface area (Å²) >= 11 is 3.55. The van der Waals surface area contributed by atoms with Gasteiger partial charge in [-0.15, -0.1) is 20.4 Å². The fourth-order valence-electron chi connectivity index (χ4n) is 16.5. The van der Waals surface area contributed by atoms with E-state index in [2.05, 4.69) is 240 Å². The van der Waals surface area contributed by atoms with Crippen LogP contribution in [-0.2, 0) is 62.9 Å². The number of ether oxygens (including phenoxy) is 2. The van der Waals surface area contributed by atoms with Crippen molar-refractivity contribution in [1.82, 2.24) is 70.8 Å². The van der Waals surface area contributed by atoms with Crippen LogP contribution in [0, 0.1) is 17.8 Å². The molecule has 23 nitrogen and oxygen atoms in total. The second-order valence-corrected chi connectivity index (χ2v) is 33.4. The van der Waals surface area contributed by atoms with Gasteiger partial charge >= 0.3 is 17.9 Å². The molecule has 4 N–H and O–H groups in total. The lowest BCUT2D eigenvalue weighted by Crippen LogP contribution is -2.48. The van der Waals surface area contributed by atoms with Crippen LogP contribution in [0.25, 0.3) is 67.5 Å². The molecule has 670 valence electrons. The molecule has 0 radical (unpaired) electrons. The molecule has 15 rings (SSSR count). The zero-order chi connectivity index (χ0) is 92.8. The number of aliphatic carboxylic acids is 1. The molecule has 131 heavy (non-hydrogen) atoms. The average Bonchev–Trinajstić information content (AvgIpc) is 1.72. The van der Waals surface area contributed by atoms with Crippen molar-refractivity contribution in [3.63, 3.8) is 0 Å². The van der Waals surface area contributed by atoms with Crippen molar-refractivity contribution < 1.29 is 38.6 Å². The number of hydrogen-bond acceptors (Lipinski definition) is 17. The molecule has 12 aromatic carbocycles. The molecule has 2 amide bonds. The molecule has 0 saturated carbocycles. The van der Waals surface area contributed by atoms with E-state index in [1.54, 1.807) is 4.90 Å². The Bertz CT molecular complexity index is 5920. The molecular formula is C107H112BrN15O8. The highest BCUT2D eigenvalue weighted by molar-refractivity contribution is 9.08. The molecule has 0 bridgehead atoms. The first kappa shape index (κ1) is 95.7. The van der Waals surface area contributed by atoms with E-state index in [-0.39, 0.29) is 42.1 Å². The lowest BCUT2D eigenvalue weighted by atomic mass is 9.77. The molecule has 0 aliphatic rings. The monoisotopic (exact) mass is 1810 g/mol. The Kier molecular flexibility index (Phi) is 34.0. The Balaban J connectivity index is 0.000000174. The number of carboxylic acids is 1. The average molecular weight is 1820 g/mol. The van der Waals surface area contributed by atoms with Crippen LogP contribution in [0.5, 0.6) is 0 Å². The van der Waals surface area contributed by atoms with Gasteiger partial charge in [0.05, 0.1) is 14.2 Å². The summed E-state index contributed by atoms with van der Waals surface area (Å²) in [5.41, 5.74) is 21.8. The van der Waals surface area contributed by atoms with Gasteiger partial charge in [0.25, 0.3) is 0 Å². The van der Waals surface area contributed by atoms with Crippen molar-refractivity contribution in [3.8, 4) is 67.5 Å². The third-order valence-corrected chi connectivity index (χ3v) is 23.8. The molecule has 3 aromatic heterocycles. The highest BCUT2D eigenvalue weighted by atomic mass is 79.9. The van der Waals surface area contributed by atoms with Gasteiger partial charge in [-0.25, -0.2) is 19.0 Å². The number of benzene rings is 12. The lowest BCUT2D eigenvalue weighted by molar-refractivity contribution is -0.155. The number of carboxylic acid groups (broad SMARTS) is 1. The van der Waals surface area contributed by atoms with Crippen molar-refractivity contribution in [2.24, 2.45) is 23.5 Å². The number of alkyl halides is 1. The number of amides is 2. The maximum atomic E-state index is 13.5. The number of nitrogens with two attached hydrogens (primary N) is 1. The van der Waals surface area contributed by atoms with Crippen LogP contribution in [0.3, 0.4) is 0 Å². The maximum Gasteiger partial charge on any atom is 0.328 e. The first-order chi connectivity index (χ1) is 63.7. The topological polar surface area (TPSA) is 298 Å². The smallest absolute Gasteiger partial charge is 0.328 e. The van der Waals surface area contributed by atoms with Gasteiger partial charge < -0.3 is 30.1 Å². The number of unbranched alkanes of at least 4 members (excludes halogenated alkanes) is 2. The van der Waals surface area contributed by atoms with E-state index in [9.17, 15) is 29.1 Å². The molecule has 0 saturated heterocycles. The fourth-order valence-corrected chi connectivity index (χ4v) is 16.9. The predicted octanol–water partition coefficient (Wildman–Crippen LogP) is 20.6. The molecule has 0 aliphatic carbocycles. The normalized spacial score (nSPS) is 11.9. The van der Waals surface area contributed by atoms with E-state index in [0.717, 1.165) is 126 Å². The molecule has 3 atom stereocenters. The van der Waals surface area contributed by atoms with Crippen LogP contribution in [0.2, 0.25) is 0 Å². The third-order valence-electron chi connectivity index (χ3n) is 23.2. The zero-order valence-corrected chi connectivity index (χ0v) is 77.2. The number of hydrogen-bond donors (Lipinski definition) is 3. The van der Waals surface area contributed by atoms with Crippen LogP contribution in [0.1, 0.15) is 144 Å². The number of nitrogens with zero attached hydrogens (tertiary/aromatic N) is 13. The maximum absolute atomic E-state index is 13.5. The number of aromatic nitrogens is 12. The van der Waals surface area contributed by atoms with Crippen molar-refractivity contribution in [2.45, 2.75) is 142 Å². The van der Waals surface area contributed by atoms with E-state index in [0.29, 0.717) is 36.9 Å². The summed E-state index contributed by atoms with van der Waals surface area (Å²) in [6, 6.07) is 109. The van der Waals surface area contributed by atoms with Crippen molar-refractivity contribution in [3.05, 3.63) is 378 Å². The van der Waals surface area contributed by atoms with E-state index in [1.165, 1.54) is 24.7 Å². The number of nitrogens with one attached hydrogen (secondary N) is 1. The predicted molar refractivity (Wildman–Crippen MR) is 516 cm³/mol. The highest BCUT2D eigenvalue weighted by Crippen LogP contribution is 2.46. The summed E-state index contributed by atoms with van der Waals surface area (Å²) in [5, 5.41) is 52.2. The Labute approximate surface area is 774 Å². The van der Waals surface area contributed by atoms with Crippen molar-refractivity contribution in [1.29, 1.82) is 0 Å². The molecule has 15 aromatic rings. The Hall–Kier alpha value is -14.4. The highest BCUT2D eigenvalue weighted by Gasteiger charge is 2.45. The van der Waals surface area contributed by atoms with Crippen molar-refractivity contribution >= 4 is 45.7 Å². The van der Waals surface area contributed by atoms with Crippen LogP contribution < -0.4 is 5.73 Å². The van der Waals surface area contributed by atoms with Gasteiger partial charge in [0.2, 0.25) is 17.6 Å². The number of methoxy groups -OCH3 is 2. The van der Waals surface area contributed by atoms with Gasteiger partial charge in [-0.1, -0.05) is 412 Å². The quantitative estimate of drug-likeness (QED) is 0.0196. The molecule has 0 spiro atoms. The number of rotatable bonds is 33. The van der Waals surface area contributed by atoms with Crippen molar-refractivity contribution in [2.75, 3.05) is 14.2 Å². The molecule has 0 aliphatic heterocycles. The van der Waals surface area contributed by atoms with Gasteiger partial charge in [0.15, 0.2) is 11.6 Å². The van der Waals surface area contributed by atoms with Crippen LogP contribution in [0.15, 0.2) is 328 Å². The third kappa shape index (κ3) is 22.5. The number of aromatic amines is 1. The second-order valence-electron chi connectivity index (χ2n) is 32.8. The first-order valence-electron chi connectivity index (χ1n) is 44.2. The summed E-state index contributed by atoms with van der Waals surface area (Å²) < 4.78 is 13.5. The summed E-state index contributed by atoms with van der Waals surface area (Å²) in [4.78, 5) is 64.9. The SMILES string of the molecule is BrCc1ccc(-c2ccccc2-c2nnnn2C(c2ccccc2)(c2ccccc2)c2ccccc2)cc1.CCCCC(=O)N(Cc1ccc(-c2ccccc2-c2nn[nH]n2)cc1)[C@H](C(=O)O)C(C)C.CCCCC(=O)N(Cc1ccc(-c2ccccc2-c2nnnn2C(c2ccccc2)(c2ccccc2)c2ccccc2)cc1)[C@H](C(=O)OC)C(C)C.COC(=O)[C@@H](N)C(C)C. The number of H-pyrrole nitrogens is 1. The minimum absolute atomic E-state index is 0.0501. The van der Waals surface area contributed by atoms with Gasteiger partial charge in [0, 0.05) is 48.0 Å². The van der Waals surface area contributed by atoms with Gasteiger partial charge in [-0.3, -0.25) is 14.4 Å². The van der Waals surface area contributed by atoms with Crippen LogP contribution in [-0.4, -0.2) is 138 Å². The van der Waals surface area contributed by atoms with Crippen LogP contribution >= 0.6 is 15.9 Å². The van der Waals surface area contributed by atoms with Crippen LogP contribution in [0.4, 0.5) is 0 Å².